The molecule has 1 aliphatic heterocycles. The topological polar surface area (TPSA) is 85.5 Å². The summed E-state index contributed by atoms with van der Waals surface area (Å²) in [5, 5.41) is 4.01. The smallest absolute Gasteiger partial charge is 0.243 e. The van der Waals surface area contributed by atoms with Crippen LogP contribution in [0.3, 0.4) is 0 Å². The van der Waals surface area contributed by atoms with Crippen molar-refractivity contribution >= 4 is 10.0 Å². The van der Waals surface area contributed by atoms with Crippen LogP contribution in [0.15, 0.2) is 57.9 Å². The van der Waals surface area contributed by atoms with Crippen LogP contribution in [-0.2, 0) is 10.0 Å². The van der Waals surface area contributed by atoms with E-state index in [0.717, 1.165) is 11.1 Å². The fourth-order valence-corrected chi connectivity index (χ4v) is 5.17. The molecule has 0 saturated carbocycles. The van der Waals surface area contributed by atoms with Crippen molar-refractivity contribution in [3.8, 4) is 17.1 Å². The molecule has 1 saturated heterocycles. The van der Waals surface area contributed by atoms with Gasteiger partial charge in [-0.15, -0.1) is 0 Å². The summed E-state index contributed by atoms with van der Waals surface area (Å²) in [4.78, 5) is 4.75. The molecular weight excluding hydrogens is 402 g/mol. The van der Waals surface area contributed by atoms with E-state index in [2.05, 4.69) is 10.1 Å². The van der Waals surface area contributed by atoms with Gasteiger partial charge in [-0.05, 0) is 49.2 Å². The largest absolute Gasteiger partial charge is 0.489 e. The van der Waals surface area contributed by atoms with Crippen LogP contribution in [0.5, 0.6) is 5.75 Å². The number of aryl methyl sites for hydroxylation is 1. The SMILES string of the molecule is Cc1ccccc1S(=O)(=O)N1CCC(Oc2ccc(-c3noc(C(C)C)n3)cc2)C1. The molecule has 30 heavy (non-hydrogen) atoms. The Morgan fingerprint density at radius 3 is 2.53 bits per heavy atom. The summed E-state index contributed by atoms with van der Waals surface area (Å²) in [6.07, 6.45) is 0.461. The van der Waals surface area contributed by atoms with Gasteiger partial charge in [0.05, 0.1) is 11.4 Å². The number of hydrogen-bond acceptors (Lipinski definition) is 6. The van der Waals surface area contributed by atoms with E-state index in [-0.39, 0.29) is 12.0 Å². The standard InChI is InChI=1S/C22H25N3O4S/c1-15(2)22-23-21(24-29-22)17-8-10-18(11-9-17)28-19-12-13-25(14-19)30(26,27)20-7-5-4-6-16(20)3/h4-11,15,19H,12-14H2,1-3H3. The Bertz CT molecular complexity index is 1120. The van der Waals surface area contributed by atoms with Crippen molar-refractivity contribution in [1.82, 2.24) is 14.4 Å². The van der Waals surface area contributed by atoms with Gasteiger partial charge < -0.3 is 9.26 Å². The Kier molecular flexibility index (Phi) is 5.62. The predicted molar refractivity (Wildman–Crippen MR) is 113 cm³/mol. The lowest BCUT2D eigenvalue weighted by atomic mass is 10.2. The molecule has 1 fully saturated rings. The van der Waals surface area contributed by atoms with Gasteiger partial charge in [0.25, 0.3) is 0 Å². The summed E-state index contributed by atoms with van der Waals surface area (Å²) in [5.41, 5.74) is 1.59. The highest BCUT2D eigenvalue weighted by molar-refractivity contribution is 7.89. The fraction of sp³-hybridized carbons (Fsp3) is 0.364. The van der Waals surface area contributed by atoms with Crippen molar-refractivity contribution in [2.45, 2.75) is 44.1 Å². The van der Waals surface area contributed by atoms with Gasteiger partial charge in [-0.2, -0.15) is 9.29 Å². The van der Waals surface area contributed by atoms with E-state index in [0.29, 0.717) is 41.9 Å². The molecule has 1 aliphatic rings. The molecule has 0 N–H and O–H groups in total. The van der Waals surface area contributed by atoms with E-state index in [9.17, 15) is 8.42 Å². The average Bonchev–Trinajstić information content (AvgIpc) is 3.39. The Hall–Kier alpha value is -2.71. The molecule has 0 aliphatic carbocycles. The molecule has 0 radical (unpaired) electrons. The van der Waals surface area contributed by atoms with Gasteiger partial charge in [-0.3, -0.25) is 0 Å². The van der Waals surface area contributed by atoms with Crippen molar-refractivity contribution in [3.63, 3.8) is 0 Å². The maximum atomic E-state index is 13.0. The molecule has 0 amide bonds. The first kappa shape index (κ1) is 20.6. The highest BCUT2D eigenvalue weighted by Gasteiger charge is 2.34. The predicted octanol–water partition coefficient (Wildman–Crippen LogP) is 4.01. The first-order valence-electron chi connectivity index (χ1n) is 10.0. The Labute approximate surface area is 176 Å². The van der Waals surface area contributed by atoms with Gasteiger partial charge in [0.1, 0.15) is 11.9 Å². The monoisotopic (exact) mass is 427 g/mol. The Morgan fingerprint density at radius 1 is 1.13 bits per heavy atom. The maximum absolute atomic E-state index is 13.0. The van der Waals surface area contributed by atoms with E-state index in [1.165, 1.54) is 4.31 Å². The van der Waals surface area contributed by atoms with Crippen molar-refractivity contribution in [1.29, 1.82) is 0 Å². The number of ether oxygens (including phenoxy) is 1. The molecule has 0 spiro atoms. The molecule has 1 aromatic heterocycles. The van der Waals surface area contributed by atoms with Crippen LogP contribution >= 0.6 is 0 Å². The third-order valence-corrected chi connectivity index (χ3v) is 7.20. The Balaban J connectivity index is 1.41. The Morgan fingerprint density at radius 2 is 1.87 bits per heavy atom. The normalized spacial score (nSPS) is 17.5. The molecule has 158 valence electrons. The minimum atomic E-state index is -3.52. The first-order chi connectivity index (χ1) is 14.3. The quantitative estimate of drug-likeness (QED) is 0.591. The van der Waals surface area contributed by atoms with Crippen LogP contribution in [0.2, 0.25) is 0 Å². The van der Waals surface area contributed by atoms with Gasteiger partial charge >= 0.3 is 0 Å². The zero-order chi connectivity index (χ0) is 21.3. The van der Waals surface area contributed by atoms with Gasteiger partial charge in [0.15, 0.2) is 0 Å². The van der Waals surface area contributed by atoms with Gasteiger partial charge in [0.2, 0.25) is 21.7 Å². The summed E-state index contributed by atoms with van der Waals surface area (Å²) in [6.45, 7) is 6.59. The van der Waals surface area contributed by atoms with Crippen LogP contribution in [0.1, 0.15) is 37.6 Å². The van der Waals surface area contributed by atoms with E-state index in [4.69, 9.17) is 9.26 Å². The van der Waals surface area contributed by atoms with E-state index >= 15 is 0 Å². The number of hydrogen-bond donors (Lipinski definition) is 0. The van der Waals surface area contributed by atoms with Crippen LogP contribution in [0, 0.1) is 6.92 Å². The summed E-state index contributed by atoms with van der Waals surface area (Å²) in [6, 6.07) is 14.5. The third kappa shape index (κ3) is 4.11. The van der Waals surface area contributed by atoms with Gasteiger partial charge in [0, 0.05) is 18.0 Å². The molecule has 2 heterocycles. The highest BCUT2D eigenvalue weighted by Crippen LogP contribution is 2.27. The average molecular weight is 428 g/mol. The van der Waals surface area contributed by atoms with E-state index < -0.39 is 10.0 Å². The summed E-state index contributed by atoms with van der Waals surface area (Å²) in [5.74, 6) is 2.01. The lowest BCUT2D eigenvalue weighted by molar-refractivity contribution is 0.215. The molecule has 1 unspecified atom stereocenters. The highest BCUT2D eigenvalue weighted by atomic mass is 32.2. The zero-order valence-corrected chi connectivity index (χ0v) is 18.1. The van der Waals surface area contributed by atoms with Crippen LogP contribution in [-0.4, -0.2) is 42.1 Å². The molecule has 3 aromatic rings. The third-order valence-electron chi connectivity index (χ3n) is 5.17. The van der Waals surface area contributed by atoms with Crippen molar-refractivity contribution < 1.29 is 17.7 Å². The van der Waals surface area contributed by atoms with E-state index in [1.807, 2.05) is 57.2 Å². The number of nitrogens with zero attached hydrogens (tertiary/aromatic N) is 3. The summed E-state index contributed by atoms with van der Waals surface area (Å²) >= 11 is 0. The number of aromatic nitrogens is 2. The summed E-state index contributed by atoms with van der Waals surface area (Å²) in [7, 11) is -3.52. The molecule has 4 rings (SSSR count). The molecule has 1 atom stereocenters. The number of sulfonamides is 1. The van der Waals surface area contributed by atoms with Crippen LogP contribution in [0.25, 0.3) is 11.4 Å². The van der Waals surface area contributed by atoms with E-state index in [1.54, 1.807) is 12.1 Å². The summed E-state index contributed by atoms with van der Waals surface area (Å²) < 4.78 is 38.7. The second-order valence-corrected chi connectivity index (χ2v) is 9.70. The second-order valence-electron chi connectivity index (χ2n) is 7.79. The first-order valence-corrected chi connectivity index (χ1v) is 11.4. The maximum Gasteiger partial charge on any atom is 0.243 e. The van der Waals surface area contributed by atoms with Crippen molar-refractivity contribution in [3.05, 3.63) is 60.0 Å². The molecular formula is C22H25N3O4S. The molecule has 7 nitrogen and oxygen atoms in total. The number of rotatable bonds is 6. The zero-order valence-electron chi connectivity index (χ0n) is 17.3. The number of benzene rings is 2. The second kappa shape index (κ2) is 8.20. The van der Waals surface area contributed by atoms with Crippen molar-refractivity contribution in [2.75, 3.05) is 13.1 Å². The minimum absolute atomic E-state index is 0.176. The van der Waals surface area contributed by atoms with Crippen LogP contribution < -0.4 is 4.74 Å². The lowest BCUT2D eigenvalue weighted by Crippen LogP contribution is -2.31. The minimum Gasteiger partial charge on any atom is -0.489 e. The van der Waals surface area contributed by atoms with Crippen molar-refractivity contribution in [2.24, 2.45) is 0 Å². The van der Waals surface area contributed by atoms with Gasteiger partial charge in [-0.25, -0.2) is 8.42 Å². The van der Waals surface area contributed by atoms with Crippen LogP contribution in [0.4, 0.5) is 0 Å². The fourth-order valence-electron chi connectivity index (χ4n) is 3.46. The molecule has 2 aromatic carbocycles. The van der Waals surface area contributed by atoms with Gasteiger partial charge in [-0.1, -0.05) is 37.2 Å². The molecule has 8 heteroatoms. The molecule has 0 bridgehead atoms. The lowest BCUT2D eigenvalue weighted by Gasteiger charge is -2.18.